The number of nitrogen functional groups attached to an aromatic ring is 1. The van der Waals surface area contributed by atoms with Crippen LogP contribution < -0.4 is 10.5 Å². The predicted octanol–water partition coefficient (Wildman–Crippen LogP) is 3.33. The first-order chi connectivity index (χ1) is 19.4. The Balaban J connectivity index is 1.68. The molecule has 218 valence electrons. The summed E-state index contributed by atoms with van der Waals surface area (Å²) in [4.78, 5) is 47.5. The van der Waals surface area contributed by atoms with Gasteiger partial charge in [-0.1, -0.05) is 11.6 Å². The number of nitrogens with zero attached hydrogens (tertiary/aromatic N) is 1. The van der Waals surface area contributed by atoms with Crippen molar-refractivity contribution in [3.8, 4) is 11.4 Å². The summed E-state index contributed by atoms with van der Waals surface area (Å²) in [5, 5.41) is 1.13. The average Bonchev–Trinajstić information content (AvgIpc) is 3.29. The van der Waals surface area contributed by atoms with Crippen molar-refractivity contribution >= 4 is 52.1 Å². The Bertz CT molecular complexity index is 1470. The maximum Gasteiger partial charge on any atom is 0.303 e. The summed E-state index contributed by atoms with van der Waals surface area (Å²) in [5.74, 6) is -2.71. The normalized spacial score (nSPS) is 22.0. The number of fused-ring (bicyclic) bond motifs is 1. The molecule has 0 amide bonds. The van der Waals surface area contributed by atoms with Crippen LogP contribution in [0.4, 0.5) is 5.69 Å². The number of rotatable bonds is 8. The lowest BCUT2D eigenvalue weighted by Gasteiger charge is -2.44. The first-order valence-corrected chi connectivity index (χ1v) is 12.9. The largest absolute Gasteiger partial charge is 0.463 e. The van der Waals surface area contributed by atoms with Gasteiger partial charge in [-0.2, -0.15) is 0 Å². The van der Waals surface area contributed by atoms with Gasteiger partial charge in [0, 0.05) is 50.7 Å². The molecule has 0 radical (unpaired) electrons. The molecule has 1 saturated heterocycles. The summed E-state index contributed by atoms with van der Waals surface area (Å²) in [6.45, 7) is 4.23. The van der Waals surface area contributed by atoms with Crippen molar-refractivity contribution in [3.05, 3.63) is 53.7 Å². The van der Waals surface area contributed by atoms with Crippen molar-refractivity contribution in [2.24, 2.45) is 0 Å². The molecule has 2 heterocycles. The third-order valence-electron chi connectivity index (χ3n) is 6.10. The van der Waals surface area contributed by atoms with E-state index in [1.807, 2.05) is 29.0 Å². The van der Waals surface area contributed by atoms with Gasteiger partial charge in [-0.25, -0.2) is 0 Å². The van der Waals surface area contributed by atoms with E-state index in [-0.39, 0.29) is 17.4 Å². The highest BCUT2D eigenvalue weighted by Gasteiger charge is 2.53. The number of esters is 4. The van der Waals surface area contributed by atoms with Crippen LogP contribution in [0.25, 0.3) is 16.6 Å². The Morgan fingerprint density at radius 1 is 0.854 bits per heavy atom. The number of halogens is 1. The molecule has 0 saturated carbocycles. The molecule has 1 aliphatic heterocycles. The van der Waals surface area contributed by atoms with E-state index in [1.54, 1.807) is 24.3 Å². The molecule has 1 aromatic heterocycles. The fourth-order valence-electron chi connectivity index (χ4n) is 4.53. The van der Waals surface area contributed by atoms with E-state index >= 15 is 0 Å². The highest BCUT2D eigenvalue weighted by molar-refractivity contribution is 6.32. The van der Waals surface area contributed by atoms with Crippen LogP contribution in [0.3, 0.4) is 0 Å². The van der Waals surface area contributed by atoms with Crippen LogP contribution in [0.2, 0.25) is 5.02 Å². The number of anilines is 1. The van der Waals surface area contributed by atoms with Crippen LogP contribution in [0.1, 0.15) is 27.7 Å². The van der Waals surface area contributed by atoms with Crippen molar-refractivity contribution in [1.82, 2.24) is 4.57 Å². The summed E-state index contributed by atoms with van der Waals surface area (Å²) < 4.78 is 35.3. The number of benzene rings is 2. The first-order valence-electron chi connectivity index (χ1n) is 12.6. The molecule has 0 aliphatic carbocycles. The molecule has 12 nitrogen and oxygen atoms in total. The minimum atomic E-state index is -1.41. The van der Waals surface area contributed by atoms with E-state index in [0.29, 0.717) is 5.69 Å². The molecule has 5 unspecified atom stereocenters. The molecule has 2 aromatic carbocycles. The van der Waals surface area contributed by atoms with Gasteiger partial charge in [0.2, 0.25) is 12.4 Å². The Hall–Kier alpha value is -4.29. The number of ether oxygens (including phenoxy) is 6. The van der Waals surface area contributed by atoms with E-state index < -0.39 is 54.6 Å². The van der Waals surface area contributed by atoms with E-state index in [2.05, 4.69) is 0 Å². The summed E-state index contributed by atoms with van der Waals surface area (Å²) >= 11 is 6.61. The van der Waals surface area contributed by atoms with E-state index in [0.717, 1.165) is 37.4 Å². The quantitative estimate of drug-likeness (QED) is 0.234. The molecule has 41 heavy (non-hydrogen) atoms. The maximum absolute atomic E-state index is 12.1. The average molecular weight is 589 g/mol. The van der Waals surface area contributed by atoms with Crippen molar-refractivity contribution in [3.63, 3.8) is 0 Å². The minimum Gasteiger partial charge on any atom is -0.463 e. The molecule has 2 N–H and O–H groups in total. The Labute approximate surface area is 240 Å². The van der Waals surface area contributed by atoms with Gasteiger partial charge in [-0.15, -0.1) is 0 Å². The molecule has 1 aliphatic rings. The topological polar surface area (TPSA) is 155 Å². The molecule has 1 fully saturated rings. The smallest absolute Gasteiger partial charge is 0.303 e. The first kappa shape index (κ1) is 29.7. The zero-order valence-corrected chi connectivity index (χ0v) is 23.5. The second-order valence-electron chi connectivity index (χ2n) is 9.30. The van der Waals surface area contributed by atoms with Gasteiger partial charge >= 0.3 is 23.9 Å². The number of carbonyl (C=O) groups excluding carboxylic acids is 4. The van der Waals surface area contributed by atoms with E-state index in [9.17, 15) is 19.2 Å². The number of nitrogens with two attached hydrogens (primary N) is 1. The van der Waals surface area contributed by atoms with Crippen molar-refractivity contribution in [1.29, 1.82) is 0 Å². The molecule has 0 spiro atoms. The van der Waals surface area contributed by atoms with Gasteiger partial charge in [0.25, 0.3) is 0 Å². The molecule has 3 aromatic rings. The Morgan fingerprint density at radius 3 is 2.15 bits per heavy atom. The fourth-order valence-corrected chi connectivity index (χ4v) is 4.75. The van der Waals surface area contributed by atoms with Gasteiger partial charge in [-0.05, 0) is 42.5 Å². The lowest BCUT2D eigenvalue weighted by molar-refractivity contribution is -0.288. The van der Waals surface area contributed by atoms with Crippen LogP contribution in [0.15, 0.2) is 48.7 Å². The zero-order valence-electron chi connectivity index (χ0n) is 22.7. The fraction of sp³-hybridized carbons (Fsp3) is 0.357. The van der Waals surface area contributed by atoms with Gasteiger partial charge in [0.1, 0.15) is 18.5 Å². The molecular formula is C28H29ClN2O10. The molecule has 0 bridgehead atoms. The number of hydrogen-bond donors (Lipinski definition) is 1. The van der Waals surface area contributed by atoms with Gasteiger partial charge < -0.3 is 38.7 Å². The zero-order chi connectivity index (χ0) is 29.8. The van der Waals surface area contributed by atoms with Crippen LogP contribution in [0.5, 0.6) is 5.75 Å². The van der Waals surface area contributed by atoms with Crippen molar-refractivity contribution in [2.75, 3.05) is 12.3 Å². The molecular weight excluding hydrogens is 560 g/mol. The lowest BCUT2D eigenvalue weighted by Crippen LogP contribution is -2.63. The number of hydrogen-bond acceptors (Lipinski definition) is 11. The summed E-state index contributed by atoms with van der Waals surface area (Å²) in [6, 6.07) is 12.5. The van der Waals surface area contributed by atoms with E-state index in [4.69, 9.17) is 45.8 Å². The monoisotopic (exact) mass is 588 g/mol. The molecule has 13 heteroatoms. The maximum atomic E-state index is 12.1. The minimum absolute atomic E-state index is 0.150. The van der Waals surface area contributed by atoms with Crippen molar-refractivity contribution < 1.29 is 47.6 Å². The highest BCUT2D eigenvalue weighted by atomic mass is 35.5. The SMILES string of the molecule is CC(=O)OCC1OC(Oc2ccc(-n3ccc4cc(N)ccc43)cc2Cl)C(OC(C)=O)C(OC(C)=O)C1OC(C)=O. The highest BCUT2D eigenvalue weighted by Crippen LogP contribution is 2.35. The lowest BCUT2D eigenvalue weighted by atomic mass is 9.98. The van der Waals surface area contributed by atoms with Gasteiger partial charge in [0.05, 0.1) is 10.5 Å². The van der Waals surface area contributed by atoms with Crippen LogP contribution in [-0.2, 0) is 42.9 Å². The van der Waals surface area contributed by atoms with Crippen molar-refractivity contribution in [2.45, 2.75) is 58.4 Å². The second-order valence-corrected chi connectivity index (χ2v) is 9.71. The van der Waals surface area contributed by atoms with E-state index in [1.165, 1.54) is 6.92 Å². The van der Waals surface area contributed by atoms with Gasteiger partial charge in [0.15, 0.2) is 12.2 Å². The van der Waals surface area contributed by atoms with Crippen LogP contribution in [0, 0.1) is 0 Å². The third-order valence-corrected chi connectivity index (χ3v) is 6.39. The van der Waals surface area contributed by atoms with Gasteiger partial charge in [-0.3, -0.25) is 19.2 Å². The molecule has 4 rings (SSSR count). The number of carbonyl (C=O) groups is 4. The molecule has 5 atom stereocenters. The second kappa shape index (κ2) is 12.5. The standard InChI is InChI=1S/C28H29ClN2O10/c1-14(32)36-13-24-25(37-15(2)33)26(38-16(3)34)27(39-17(4)35)28(41-24)40-23-8-6-20(12-21(23)29)31-10-9-18-11-19(30)5-7-22(18)31/h5-12,24-28H,13,30H2,1-4H3. The summed E-state index contributed by atoms with van der Waals surface area (Å²) in [7, 11) is 0. The Kier molecular flexibility index (Phi) is 9.04. The summed E-state index contributed by atoms with van der Waals surface area (Å²) in [5.41, 5.74) is 8.16. The predicted molar refractivity (Wildman–Crippen MR) is 145 cm³/mol. The summed E-state index contributed by atoms with van der Waals surface area (Å²) in [6.07, 6.45) is -4.74. The number of aromatic nitrogens is 1. The Morgan fingerprint density at radius 2 is 1.51 bits per heavy atom. The van der Waals surface area contributed by atoms with Crippen LogP contribution >= 0.6 is 11.6 Å². The van der Waals surface area contributed by atoms with Crippen LogP contribution in [-0.4, -0.2) is 65.8 Å². The third kappa shape index (κ3) is 7.08.